The molecule has 1 aliphatic heterocycles. The second kappa shape index (κ2) is 9.03. The third kappa shape index (κ3) is 4.30. The van der Waals surface area contributed by atoms with Crippen molar-refractivity contribution in [2.24, 2.45) is 5.92 Å². The highest BCUT2D eigenvalue weighted by atomic mass is 32.2. The lowest BCUT2D eigenvalue weighted by atomic mass is 9.79. The van der Waals surface area contributed by atoms with Crippen LogP contribution in [0.3, 0.4) is 0 Å². The number of rotatable bonds is 6. The van der Waals surface area contributed by atoms with E-state index in [1.807, 2.05) is 6.08 Å². The summed E-state index contributed by atoms with van der Waals surface area (Å²) in [4.78, 5) is 12.6. The topological polar surface area (TPSA) is 82.1 Å². The van der Waals surface area contributed by atoms with Gasteiger partial charge in [-0.25, -0.2) is 12.8 Å². The van der Waals surface area contributed by atoms with Crippen LogP contribution in [0, 0.1) is 11.7 Å². The molecule has 1 aliphatic carbocycles. The van der Waals surface area contributed by atoms with Gasteiger partial charge in [-0.05, 0) is 60.4 Å². The molecule has 9 heteroatoms. The zero-order chi connectivity index (χ0) is 24.7. The van der Waals surface area contributed by atoms with Crippen molar-refractivity contribution in [3.8, 4) is 5.75 Å². The molecule has 3 atom stereocenters. The van der Waals surface area contributed by atoms with E-state index in [1.54, 1.807) is 37.4 Å². The van der Waals surface area contributed by atoms with Crippen molar-refractivity contribution in [1.29, 1.82) is 0 Å². The Morgan fingerprint density at radius 2 is 1.88 bits per heavy atom. The number of carbonyl (C=O) groups is 1. The predicted molar refractivity (Wildman–Crippen MR) is 127 cm³/mol. The third-order valence-corrected chi connectivity index (χ3v) is 8.02. The van der Waals surface area contributed by atoms with E-state index in [0.717, 1.165) is 17.4 Å². The lowest BCUT2D eigenvalue weighted by molar-refractivity contribution is -0.146. The van der Waals surface area contributed by atoms with Crippen LogP contribution in [0.5, 0.6) is 5.75 Å². The number of nitrogens with zero attached hydrogens (tertiary/aromatic N) is 1. The van der Waals surface area contributed by atoms with Crippen LogP contribution >= 0.6 is 0 Å². The highest BCUT2D eigenvalue weighted by Crippen LogP contribution is 2.54. The van der Waals surface area contributed by atoms with Crippen LogP contribution in [0.1, 0.15) is 29.9 Å². The fourth-order valence-corrected chi connectivity index (χ4v) is 5.53. The molecule has 2 aliphatic rings. The Labute approximate surface area is 199 Å². The maximum Gasteiger partial charge on any atom is 0.309 e. The van der Waals surface area contributed by atoms with Crippen LogP contribution in [-0.2, 0) is 24.3 Å². The van der Waals surface area contributed by atoms with Gasteiger partial charge in [0.1, 0.15) is 11.6 Å². The van der Waals surface area contributed by atoms with Gasteiger partial charge < -0.3 is 14.2 Å². The lowest BCUT2D eigenvalue weighted by Gasteiger charge is -2.31. The predicted octanol–water partition coefficient (Wildman–Crippen LogP) is 3.75. The van der Waals surface area contributed by atoms with Crippen LogP contribution < -0.4 is 9.04 Å². The normalized spacial score (nSPS) is 24.2. The van der Waals surface area contributed by atoms with Crippen molar-refractivity contribution in [3.63, 3.8) is 0 Å². The lowest BCUT2D eigenvalue weighted by Crippen LogP contribution is -2.34. The van der Waals surface area contributed by atoms with E-state index < -0.39 is 21.5 Å². The fourth-order valence-electron chi connectivity index (χ4n) is 5.04. The summed E-state index contributed by atoms with van der Waals surface area (Å²) in [6.45, 7) is 0.258. The number of halogens is 1. The molecule has 1 heterocycles. The maximum atomic E-state index is 13.6. The number of hydrogen-bond donors (Lipinski definition) is 0. The molecule has 1 fully saturated rings. The largest absolute Gasteiger partial charge is 0.496 e. The monoisotopic (exact) mass is 489 g/mol. The minimum atomic E-state index is -3.45. The molecule has 0 amide bonds. The SMILES string of the molecule is COC(=O)[C@H]1CC[C@@]2(C=C(c3cc(N(C)S(C)(=O)=O)ccc3OC)CO2)[C@@H]1c1ccc(F)cc1. The Balaban J connectivity index is 1.79. The Hall–Kier alpha value is -2.91. The number of esters is 1. The minimum absolute atomic E-state index is 0.258. The Morgan fingerprint density at radius 3 is 2.50 bits per heavy atom. The number of anilines is 1. The van der Waals surface area contributed by atoms with Crippen LogP contribution in [0.15, 0.2) is 48.5 Å². The smallest absolute Gasteiger partial charge is 0.309 e. The zero-order valence-electron chi connectivity index (χ0n) is 19.6. The second-order valence-electron chi connectivity index (χ2n) is 8.73. The summed E-state index contributed by atoms with van der Waals surface area (Å²) in [6.07, 6.45) is 4.30. The first-order valence-corrected chi connectivity index (χ1v) is 12.8. The molecule has 182 valence electrons. The second-order valence-corrected chi connectivity index (χ2v) is 10.7. The number of benzene rings is 2. The number of hydrogen-bond acceptors (Lipinski definition) is 6. The van der Waals surface area contributed by atoms with E-state index in [4.69, 9.17) is 14.2 Å². The first kappa shape index (κ1) is 24.2. The number of ether oxygens (including phenoxy) is 3. The van der Waals surface area contributed by atoms with Gasteiger partial charge in [-0.3, -0.25) is 9.10 Å². The number of methoxy groups -OCH3 is 2. The molecular formula is C25H28FNO6S. The van der Waals surface area contributed by atoms with Crippen molar-refractivity contribution in [3.05, 3.63) is 65.5 Å². The molecule has 34 heavy (non-hydrogen) atoms. The summed E-state index contributed by atoms with van der Waals surface area (Å²) in [7, 11) is 0.957. The molecule has 0 N–H and O–H groups in total. The summed E-state index contributed by atoms with van der Waals surface area (Å²) in [5.41, 5.74) is 2.05. The Bertz CT molecular complexity index is 1230. The van der Waals surface area contributed by atoms with E-state index in [2.05, 4.69) is 0 Å². The molecule has 0 aromatic heterocycles. The van der Waals surface area contributed by atoms with E-state index in [1.165, 1.54) is 30.6 Å². The molecule has 1 spiro atoms. The van der Waals surface area contributed by atoms with Gasteiger partial charge in [-0.15, -0.1) is 0 Å². The van der Waals surface area contributed by atoms with Gasteiger partial charge in [-0.1, -0.05) is 12.1 Å². The van der Waals surface area contributed by atoms with Crippen molar-refractivity contribution in [2.75, 3.05) is 38.4 Å². The molecule has 0 unspecified atom stereocenters. The Morgan fingerprint density at radius 1 is 1.18 bits per heavy atom. The average molecular weight is 490 g/mol. The quantitative estimate of drug-likeness (QED) is 0.575. The van der Waals surface area contributed by atoms with E-state index in [9.17, 15) is 17.6 Å². The highest BCUT2D eigenvalue weighted by molar-refractivity contribution is 7.92. The fraction of sp³-hybridized carbons (Fsp3) is 0.400. The van der Waals surface area contributed by atoms with Gasteiger partial charge >= 0.3 is 5.97 Å². The summed E-state index contributed by atoms with van der Waals surface area (Å²) in [5, 5.41) is 0. The summed E-state index contributed by atoms with van der Waals surface area (Å²) < 4.78 is 55.9. The third-order valence-electron chi connectivity index (χ3n) is 6.81. The molecular weight excluding hydrogens is 461 g/mol. The van der Waals surface area contributed by atoms with Crippen molar-refractivity contribution in [1.82, 2.24) is 0 Å². The first-order valence-electron chi connectivity index (χ1n) is 10.9. The summed E-state index contributed by atoms with van der Waals surface area (Å²) in [6, 6.07) is 11.3. The van der Waals surface area contributed by atoms with Gasteiger partial charge in [-0.2, -0.15) is 0 Å². The standard InChI is InChI=1S/C25H28FNO6S/c1-27(34(4,29)30)19-9-10-22(31-2)21(13-19)17-14-25(33-15-17)12-11-20(24(28)32-3)23(25)16-5-7-18(26)8-6-16/h5-10,13-14,20,23H,11-12,15H2,1-4H3/t20-,23+,25+/m0/s1. The van der Waals surface area contributed by atoms with E-state index >= 15 is 0 Å². The van der Waals surface area contributed by atoms with Crippen molar-refractivity contribution >= 4 is 27.3 Å². The van der Waals surface area contributed by atoms with Crippen molar-refractivity contribution < 1.29 is 31.8 Å². The summed E-state index contributed by atoms with van der Waals surface area (Å²) >= 11 is 0. The first-order chi connectivity index (χ1) is 16.1. The number of sulfonamides is 1. The van der Waals surface area contributed by atoms with Crippen LogP contribution in [-0.4, -0.2) is 54.1 Å². The van der Waals surface area contributed by atoms with Gasteiger partial charge in [0, 0.05) is 18.5 Å². The molecule has 0 saturated heterocycles. The zero-order valence-corrected chi connectivity index (χ0v) is 20.4. The molecule has 0 bridgehead atoms. The number of carbonyl (C=O) groups excluding carboxylic acids is 1. The van der Waals surface area contributed by atoms with Crippen molar-refractivity contribution in [2.45, 2.75) is 24.4 Å². The molecule has 2 aromatic carbocycles. The minimum Gasteiger partial charge on any atom is -0.496 e. The maximum absolute atomic E-state index is 13.6. The van der Waals surface area contributed by atoms with Crippen LogP contribution in [0.4, 0.5) is 10.1 Å². The average Bonchev–Trinajstić information content (AvgIpc) is 3.42. The van der Waals surface area contributed by atoms with E-state index in [-0.39, 0.29) is 24.3 Å². The summed E-state index contributed by atoms with van der Waals surface area (Å²) in [5.74, 6) is -0.892. The molecule has 4 rings (SSSR count). The van der Waals surface area contributed by atoms with Gasteiger partial charge in [0.05, 0.1) is 44.3 Å². The molecule has 2 aromatic rings. The van der Waals surface area contributed by atoms with Crippen LogP contribution in [0.2, 0.25) is 0 Å². The van der Waals surface area contributed by atoms with Gasteiger partial charge in [0.25, 0.3) is 0 Å². The molecule has 7 nitrogen and oxygen atoms in total. The highest BCUT2D eigenvalue weighted by Gasteiger charge is 2.54. The van der Waals surface area contributed by atoms with Crippen LogP contribution in [0.25, 0.3) is 5.57 Å². The molecule has 0 radical (unpaired) electrons. The molecule has 1 saturated carbocycles. The Kier molecular flexibility index (Phi) is 6.44. The van der Waals surface area contributed by atoms with Gasteiger partial charge in [0.15, 0.2) is 0 Å². The van der Waals surface area contributed by atoms with Gasteiger partial charge in [0.2, 0.25) is 10.0 Å². The van der Waals surface area contributed by atoms with E-state index in [0.29, 0.717) is 29.8 Å².